The summed E-state index contributed by atoms with van der Waals surface area (Å²) in [7, 11) is 0. The van der Waals surface area contributed by atoms with Crippen LogP contribution in [0, 0.1) is 3.57 Å². The van der Waals surface area contributed by atoms with Crippen LogP contribution in [0.15, 0.2) is 24.3 Å². The molecular formula is C15H22IN3O. The summed E-state index contributed by atoms with van der Waals surface area (Å²) in [4.78, 5) is 14.5. The van der Waals surface area contributed by atoms with Crippen molar-refractivity contribution in [3.05, 3.63) is 27.8 Å². The topological polar surface area (TPSA) is 44.4 Å². The minimum atomic E-state index is 0.0782. The van der Waals surface area contributed by atoms with Crippen LogP contribution >= 0.6 is 22.6 Å². The molecule has 1 amide bonds. The van der Waals surface area contributed by atoms with Crippen molar-refractivity contribution in [3.63, 3.8) is 0 Å². The Kier molecular flexibility index (Phi) is 6.25. The second-order valence-corrected chi connectivity index (χ2v) is 6.23. The molecule has 0 bridgehead atoms. The molecule has 1 aromatic carbocycles. The summed E-state index contributed by atoms with van der Waals surface area (Å²) in [6, 6.07) is 8.40. The molecule has 1 saturated heterocycles. The first-order chi connectivity index (χ1) is 9.70. The average molecular weight is 387 g/mol. The number of nitrogens with zero attached hydrogens (tertiary/aromatic N) is 1. The molecule has 20 heavy (non-hydrogen) atoms. The number of hydrogen-bond donors (Lipinski definition) is 2. The van der Waals surface area contributed by atoms with E-state index in [9.17, 15) is 4.79 Å². The van der Waals surface area contributed by atoms with Gasteiger partial charge in [0, 0.05) is 9.61 Å². The van der Waals surface area contributed by atoms with Crippen LogP contribution in [-0.4, -0.2) is 43.0 Å². The standard InChI is InChI=1S/C15H22IN3O/c1-2-19(12-7-9-17-10-8-12)11-15(20)18-14-6-4-3-5-13(14)16/h3-6,12,17H,2,7-11H2,1H3,(H,18,20). The molecule has 0 aromatic heterocycles. The SMILES string of the molecule is CCN(CC(=O)Nc1ccccc1I)C1CCNCC1. The van der Waals surface area contributed by atoms with Gasteiger partial charge in [-0.2, -0.15) is 0 Å². The summed E-state index contributed by atoms with van der Waals surface area (Å²) >= 11 is 2.24. The Morgan fingerprint density at radius 1 is 1.40 bits per heavy atom. The van der Waals surface area contributed by atoms with E-state index in [0.29, 0.717) is 12.6 Å². The van der Waals surface area contributed by atoms with Crippen LogP contribution in [0.5, 0.6) is 0 Å². The number of carbonyl (C=O) groups excluding carboxylic acids is 1. The van der Waals surface area contributed by atoms with Crippen LogP contribution in [-0.2, 0) is 4.79 Å². The summed E-state index contributed by atoms with van der Waals surface area (Å²) < 4.78 is 1.07. The number of anilines is 1. The Morgan fingerprint density at radius 3 is 2.75 bits per heavy atom. The molecular weight excluding hydrogens is 365 g/mol. The summed E-state index contributed by atoms with van der Waals surface area (Å²) in [5.74, 6) is 0.0782. The largest absolute Gasteiger partial charge is 0.324 e. The lowest BCUT2D eigenvalue weighted by Crippen LogP contribution is -2.46. The van der Waals surface area contributed by atoms with Crippen LogP contribution in [0.2, 0.25) is 0 Å². The number of nitrogens with one attached hydrogen (secondary N) is 2. The van der Waals surface area contributed by atoms with Gasteiger partial charge in [-0.1, -0.05) is 19.1 Å². The quantitative estimate of drug-likeness (QED) is 0.763. The fraction of sp³-hybridized carbons (Fsp3) is 0.533. The molecule has 0 radical (unpaired) electrons. The van der Waals surface area contributed by atoms with Gasteiger partial charge in [-0.15, -0.1) is 0 Å². The second kappa shape index (κ2) is 7.95. The Labute approximate surface area is 134 Å². The van der Waals surface area contributed by atoms with E-state index in [-0.39, 0.29) is 5.91 Å². The molecule has 2 rings (SSSR count). The minimum Gasteiger partial charge on any atom is -0.324 e. The zero-order valence-corrected chi connectivity index (χ0v) is 14.0. The van der Waals surface area contributed by atoms with E-state index >= 15 is 0 Å². The van der Waals surface area contributed by atoms with E-state index in [2.05, 4.69) is 45.0 Å². The van der Waals surface area contributed by atoms with Crippen molar-refractivity contribution < 1.29 is 4.79 Å². The zero-order valence-electron chi connectivity index (χ0n) is 11.9. The van der Waals surface area contributed by atoms with E-state index in [0.717, 1.165) is 41.7 Å². The molecule has 5 heteroatoms. The number of carbonyl (C=O) groups is 1. The number of halogens is 1. The number of rotatable bonds is 5. The summed E-state index contributed by atoms with van der Waals surface area (Å²) in [5.41, 5.74) is 0.902. The van der Waals surface area contributed by atoms with E-state index in [4.69, 9.17) is 0 Å². The maximum atomic E-state index is 12.2. The monoisotopic (exact) mass is 387 g/mol. The third kappa shape index (κ3) is 4.43. The molecule has 0 spiro atoms. The molecule has 0 aliphatic carbocycles. The highest BCUT2D eigenvalue weighted by Crippen LogP contribution is 2.17. The van der Waals surface area contributed by atoms with Gasteiger partial charge in [0.05, 0.1) is 12.2 Å². The van der Waals surface area contributed by atoms with E-state index in [1.807, 2.05) is 24.3 Å². The molecule has 1 aromatic rings. The van der Waals surface area contributed by atoms with Gasteiger partial charge in [-0.05, 0) is 67.2 Å². The predicted molar refractivity (Wildman–Crippen MR) is 90.9 cm³/mol. The third-order valence-corrected chi connectivity index (χ3v) is 4.67. The number of benzene rings is 1. The van der Waals surface area contributed by atoms with Crippen LogP contribution < -0.4 is 10.6 Å². The van der Waals surface area contributed by atoms with Crippen LogP contribution in [0.3, 0.4) is 0 Å². The Morgan fingerprint density at radius 2 is 2.10 bits per heavy atom. The smallest absolute Gasteiger partial charge is 0.238 e. The fourth-order valence-electron chi connectivity index (χ4n) is 2.61. The zero-order chi connectivity index (χ0) is 14.4. The van der Waals surface area contributed by atoms with Crippen molar-refractivity contribution in [1.82, 2.24) is 10.2 Å². The van der Waals surface area contributed by atoms with Crippen LogP contribution in [0.4, 0.5) is 5.69 Å². The lowest BCUT2D eigenvalue weighted by atomic mass is 10.0. The number of piperidine rings is 1. The number of para-hydroxylation sites is 1. The highest BCUT2D eigenvalue weighted by atomic mass is 127. The highest BCUT2D eigenvalue weighted by molar-refractivity contribution is 14.1. The minimum absolute atomic E-state index is 0.0782. The van der Waals surface area contributed by atoms with Crippen LogP contribution in [0.25, 0.3) is 0 Å². The molecule has 2 N–H and O–H groups in total. The number of likely N-dealkylation sites (N-methyl/N-ethyl adjacent to an activating group) is 1. The van der Waals surface area contributed by atoms with Gasteiger partial charge < -0.3 is 10.6 Å². The van der Waals surface area contributed by atoms with Gasteiger partial charge in [0.15, 0.2) is 0 Å². The van der Waals surface area contributed by atoms with E-state index in [1.54, 1.807) is 0 Å². The molecule has 0 atom stereocenters. The average Bonchev–Trinajstić information content (AvgIpc) is 2.48. The summed E-state index contributed by atoms with van der Waals surface area (Å²) in [6.45, 7) is 5.64. The molecule has 1 aliphatic rings. The van der Waals surface area contributed by atoms with Gasteiger partial charge >= 0.3 is 0 Å². The predicted octanol–water partition coefficient (Wildman–Crippen LogP) is 2.30. The Hall–Kier alpha value is -0.660. The van der Waals surface area contributed by atoms with Gasteiger partial charge in [0.25, 0.3) is 0 Å². The molecule has 1 heterocycles. The highest BCUT2D eigenvalue weighted by Gasteiger charge is 2.21. The first-order valence-electron chi connectivity index (χ1n) is 7.20. The third-order valence-electron chi connectivity index (χ3n) is 3.73. The van der Waals surface area contributed by atoms with Crippen molar-refractivity contribution in [2.45, 2.75) is 25.8 Å². The van der Waals surface area contributed by atoms with Gasteiger partial charge in [0.2, 0.25) is 5.91 Å². The molecule has 1 aliphatic heterocycles. The van der Waals surface area contributed by atoms with Crippen molar-refractivity contribution in [2.24, 2.45) is 0 Å². The molecule has 110 valence electrons. The van der Waals surface area contributed by atoms with Gasteiger partial charge in [0.1, 0.15) is 0 Å². The van der Waals surface area contributed by atoms with Crippen molar-refractivity contribution >= 4 is 34.2 Å². The lowest BCUT2D eigenvalue weighted by molar-refractivity contribution is -0.118. The maximum Gasteiger partial charge on any atom is 0.238 e. The Bertz CT molecular complexity index is 446. The van der Waals surface area contributed by atoms with Gasteiger partial charge in [-0.3, -0.25) is 9.69 Å². The second-order valence-electron chi connectivity index (χ2n) is 5.07. The van der Waals surface area contributed by atoms with Crippen LogP contribution in [0.1, 0.15) is 19.8 Å². The van der Waals surface area contributed by atoms with E-state index in [1.165, 1.54) is 0 Å². The molecule has 0 unspecified atom stereocenters. The van der Waals surface area contributed by atoms with E-state index < -0.39 is 0 Å². The fourth-order valence-corrected chi connectivity index (χ4v) is 3.13. The molecule has 0 saturated carbocycles. The number of amides is 1. The summed E-state index contributed by atoms with van der Waals surface area (Å²) in [5, 5.41) is 6.38. The van der Waals surface area contributed by atoms with Crippen molar-refractivity contribution in [3.8, 4) is 0 Å². The normalized spacial score (nSPS) is 16.4. The Balaban J connectivity index is 1.90. The number of hydrogen-bond acceptors (Lipinski definition) is 3. The molecule has 4 nitrogen and oxygen atoms in total. The van der Waals surface area contributed by atoms with Crippen molar-refractivity contribution in [2.75, 3.05) is 31.5 Å². The maximum absolute atomic E-state index is 12.2. The molecule has 1 fully saturated rings. The van der Waals surface area contributed by atoms with Crippen molar-refractivity contribution in [1.29, 1.82) is 0 Å². The lowest BCUT2D eigenvalue weighted by Gasteiger charge is -2.33. The first-order valence-corrected chi connectivity index (χ1v) is 8.27. The summed E-state index contributed by atoms with van der Waals surface area (Å²) in [6.07, 6.45) is 2.26. The first kappa shape index (κ1) is 15.7. The van der Waals surface area contributed by atoms with Gasteiger partial charge in [-0.25, -0.2) is 0 Å².